The highest BCUT2D eigenvalue weighted by Crippen LogP contribution is 2.63. The van der Waals surface area contributed by atoms with E-state index in [9.17, 15) is 19.5 Å². The van der Waals surface area contributed by atoms with E-state index in [1.165, 1.54) is 12.0 Å². The normalized spacial score (nSPS) is 26.8. The molecular weight excluding hydrogens is 422 g/mol. The van der Waals surface area contributed by atoms with Crippen LogP contribution in [-0.2, 0) is 14.3 Å². The minimum Gasteiger partial charge on any atom is -0.481 e. The molecule has 8 nitrogen and oxygen atoms in total. The average Bonchev–Trinajstić information content (AvgIpc) is 3.55. The van der Waals surface area contributed by atoms with Gasteiger partial charge in [0.1, 0.15) is 11.5 Å². The van der Waals surface area contributed by atoms with Crippen molar-refractivity contribution in [3.63, 3.8) is 0 Å². The first-order chi connectivity index (χ1) is 15.5. The number of carbonyl (C=O) groups excluding carboxylic acids is 2. The van der Waals surface area contributed by atoms with Crippen LogP contribution < -0.4 is 4.90 Å². The number of carboxylic acid groups (broad SMARTS) is 1. The second kappa shape index (κ2) is 8.22. The Hall–Kier alpha value is -2.77. The number of carbonyl (C=O) groups is 3. The van der Waals surface area contributed by atoms with Crippen LogP contribution in [0.2, 0.25) is 0 Å². The second-order valence-electron chi connectivity index (χ2n) is 10.9. The van der Waals surface area contributed by atoms with Gasteiger partial charge in [0.05, 0.1) is 7.11 Å². The fourth-order valence-corrected chi connectivity index (χ4v) is 5.79. The van der Waals surface area contributed by atoms with Gasteiger partial charge in [0.15, 0.2) is 0 Å². The van der Waals surface area contributed by atoms with Crippen LogP contribution in [0, 0.1) is 16.2 Å². The third kappa shape index (κ3) is 3.93. The molecule has 1 aromatic carbocycles. The largest absolute Gasteiger partial charge is 0.481 e. The zero-order valence-corrected chi connectivity index (χ0v) is 20.0. The molecule has 2 amide bonds. The molecule has 0 unspecified atom stereocenters. The van der Waals surface area contributed by atoms with Crippen molar-refractivity contribution in [2.24, 2.45) is 16.2 Å². The van der Waals surface area contributed by atoms with E-state index in [1.807, 2.05) is 51.1 Å². The van der Waals surface area contributed by atoms with Crippen LogP contribution in [-0.4, -0.2) is 78.8 Å². The summed E-state index contributed by atoms with van der Waals surface area (Å²) in [6, 6.07) is 8.93. The molecule has 3 fully saturated rings. The maximum Gasteiger partial charge on any atom is 0.410 e. The van der Waals surface area contributed by atoms with Gasteiger partial charge < -0.3 is 19.6 Å². The number of aliphatic carboxylic acids is 1. The molecule has 3 aliphatic rings. The molecule has 1 saturated carbocycles. The third-order valence-corrected chi connectivity index (χ3v) is 7.97. The van der Waals surface area contributed by atoms with Crippen LogP contribution in [0.5, 0.6) is 0 Å². The van der Waals surface area contributed by atoms with E-state index in [2.05, 4.69) is 4.90 Å². The van der Waals surface area contributed by atoms with Gasteiger partial charge in [-0.15, -0.1) is 0 Å². The topological polar surface area (TPSA) is 90.4 Å². The quantitative estimate of drug-likeness (QED) is 0.750. The monoisotopic (exact) mass is 457 g/mol. The van der Waals surface area contributed by atoms with Gasteiger partial charge in [-0.1, -0.05) is 39.0 Å². The Balaban J connectivity index is 1.66. The van der Waals surface area contributed by atoms with Gasteiger partial charge in [0.2, 0.25) is 5.91 Å². The highest BCUT2D eigenvalue weighted by Gasteiger charge is 2.69. The summed E-state index contributed by atoms with van der Waals surface area (Å²) in [5.74, 6) is -1.31. The Labute approximate surface area is 195 Å². The number of para-hydroxylation sites is 1. The maximum atomic E-state index is 14.0. The predicted octanol–water partition coefficient (Wildman–Crippen LogP) is 3.07. The van der Waals surface area contributed by atoms with E-state index >= 15 is 0 Å². The lowest BCUT2D eigenvalue weighted by molar-refractivity contribution is -0.181. The molecule has 180 valence electrons. The minimum atomic E-state index is -1.40. The van der Waals surface area contributed by atoms with Crippen LogP contribution in [0.15, 0.2) is 30.3 Å². The lowest BCUT2D eigenvalue weighted by Crippen LogP contribution is -2.70. The van der Waals surface area contributed by atoms with E-state index in [-0.39, 0.29) is 11.3 Å². The zero-order valence-electron chi connectivity index (χ0n) is 20.0. The smallest absolute Gasteiger partial charge is 0.410 e. The molecule has 2 atom stereocenters. The first kappa shape index (κ1) is 23.4. The van der Waals surface area contributed by atoms with Crippen molar-refractivity contribution in [3.8, 4) is 0 Å². The van der Waals surface area contributed by atoms with Gasteiger partial charge in [-0.05, 0) is 42.2 Å². The standard InChI is InChI=1S/C25H35N3O5/c1-23(2,3)25(21(30)31)16-24(10-11-24)17-28(22(32)33-4)19(25)20(29)27-14-12-26(13-15-27)18-8-6-5-7-9-18/h5-9,19H,10-17H2,1-4H3,(H,30,31)/t19-,25+/m1/s1. The summed E-state index contributed by atoms with van der Waals surface area (Å²) in [7, 11) is 1.29. The van der Waals surface area contributed by atoms with Crippen molar-refractivity contribution in [1.29, 1.82) is 0 Å². The highest BCUT2D eigenvalue weighted by atomic mass is 16.5. The lowest BCUT2D eigenvalue weighted by atomic mass is 9.55. The number of ether oxygens (including phenoxy) is 1. The molecular formula is C25H35N3O5. The summed E-state index contributed by atoms with van der Waals surface area (Å²) in [6.07, 6.45) is 1.49. The molecule has 33 heavy (non-hydrogen) atoms. The van der Waals surface area contributed by atoms with Gasteiger partial charge in [0, 0.05) is 38.4 Å². The van der Waals surface area contributed by atoms with E-state index < -0.39 is 28.9 Å². The van der Waals surface area contributed by atoms with E-state index in [4.69, 9.17) is 4.74 Å². The number of amides is 2. The van der Waals surface area contributed by atoms with Crippen LogP contribution in [0.25, 0.3) is 0 Å². The average molecular weight is 458 g/mol. The summed E-state index contributed by atoms with van der Waals surface area (Å²) >= 11 is 0. The number of methoxy groups -OCH3 is 1. The Kier molecular flexibility index (Phi) is 5.83. The number of likely N-dealkylation sites (tertiary alicyclic amines) is 1. The van der Waals surface area contributed by atoms with Gasteiger partial charge in [-0.2, -0.15) is 0 Å². The number of nitrogens with zero attached hydrogens (tertiary/aromatic N) is 3. The van der Waals surface area contributed by atoms with Gasteiger partial charge in [0.25, 0.3) is 0 Å². The Bertz CT molecular complexity index is 916. The van der Waals surface area contributed by atoms with Crippen LogP contribution in [0.1, 0.15) is 40.0 Å². The number of piperazine rings is 1. The van der Waals surface area contributed by atoms with E-state index in [0.717, 1.165) is 18.5 Å². The number of anilines is 1. The number of rotatable bonds is 3. The Morgan fingerprint density at radius 1 is 1.03 bits per heavy atom. The minimum absolute atomic E-state index is 0.247. The SMILES string of the molecule is COC(=O)N1CC2(CC2)C[C@](C(=O)O)(C(C)(C)C)[C@H]1C(=O)N1CCN(c2ccccc2)CC1. The summed E-state index contributed by atoms with van der Waals surface area (Å²) in [5, 5.41) is 10.6. The summed E-state index contributed by atoms with van der Waals surface area (Å²) in [4.78, 5) is 45.2. The molecule has 8 heteroatoms. The van der Waals surface area contributed by atoms with Gasteiger partial charge >= 0.3 is 12.1 Å². The molecule has 0 radical (unpaired) electrons. The fraction of sp³-hybridized carbons (Fsp3) is 0.640. The summed E-state index contributed by atoms with van der Waals surface area (Å²) < 4.78 is 5.05. The Morgan fingerprint density at radius 3 is 2.12 bits per heavy atom. The molecule has 0 bridgehead atoms. The number of piperidine rings is 1. The van der Waals surface area contributed by atoms with Crippen molar-refractivity contribution in [1.82, 2.24) is 9.80 Å². The molecule has 1 N–H and O–H groups in total. The first-order valence-electron chi connectivity index (χ1n) is 11.7. The molecule has 1 aliphatic carbocycles. The van der Waals surface area contributed by atoms with Crippen molar-refractivity contribution < 1.29 is 24.2 Å². The molecule has 1 spiro atoms. The van der Waals surface area contributed by atoms with Crippen molar-refractivity contribution in [3.05, 3.63) is 30.3 Å². The molecule has 2 heterocycles. The number of carboxylic acids is 1. The zero-order chi connectivity index (χ0) is 24.0. The predicted molar refractivity (Wildman–Crippen MR) is 124 cm³/mol. The second-order valence-corrected chi connectivity index (χ2v) is 10.9. The molecule has 2 saturated heterocycles. The third-order valence-electron chi connectivity index (χ3n) is 7.97. The molecule has 1 aromatic rings. The van der Waals surface area contributed by atoms with Gasteiger partial charge in [-0.25, -0.2) is 4.79 Å². The summed E-state index contributed by atoms with van der Waals surface area (Å²) in [6.45, 7) is 8.23. The number of benzene rings is 1. The van der Waals surface area contributed by atoms with Gasteiger partial charge in [-0.3, -0.25) is 14.5 Å². The Morgan fingerprint density at radius 2 is 1.64 bits per heavy atom. The van der Waals surface area contributed by atoms with Crippen molar-refractivity contribution in [2.75, 3.05) is 44.7 Å². The molecule has 4 rings (SSSR count). The number of hydrogen-bond acceptors (Lipinski definition) is 5. The lowest BCUT2D eigenvalue weighted by Gasteiger charge is -2.55. The van der Waals surface area contributed by atoms with Crippen molar-refractivity contribution in [2.45, 2.75) is 46.1 Å². The van der Waals surface area contributed by atoms with E-state index in [1.54, 1.807) is 4.90 Å². The van der Waals surface area contributed by atoms with Crippen LogP contribution in [0.4, 0.5) is 10.5 Å². The first-order valence-corrected chi connectivity index (χ1v) is 11.7. The fourth-order valence-electron chi connectivity index (χ4n) is 5.79. The molecule has 0 aromatic heterocycles. The maximum absolute atomic E-state index is 14.0. The molecule has 2 aliphatic heterocycles. The van der Waals surface area contributed by atoms with Crippen molar-refractivity contribution >= 4 is 23.7 Å². The highest BCUT2D eigenvalue weighted by molar-refractivity contribution is 5.94. The summed E-state index contributed by atoms with van der Waals surface area (Å²) in [5.41, 5.74) is -1.29. The van der Waals surface area contributed by atoms with Crippen LogP contribution in [0.3, 0.4) is 0 Å². The van der Waals surface area contributed by atoms with E-state index in [0.29, 0.717) is 39.1 Å². The van der Waals surface area contributed by atoms with Crippen LogP contribution >= 0.6 is 0 Å². The number of hydrogen-bond donors (Lipinski definition) is 1.